The first-order chi connectivity index (χ1) is 10.4. The minimum absolute atomic E-state index is 0.0175. The molecule has 0 radical (unpaired) electrons. The number of carbonyl (C=O) groups is 2. The fourth-order valence-corrected chi connectivity index (χ4v) is 3.13. The van der Waals surface area contributed by atoms with E-state index in [0.717, 1.165) is 16.5 Å². The second-order valence-corrected chi connectivity index (χ2v) is 6.23. The van der Waals surface area contributed by atoms with Crippen LogP contribution in [0.1, 0.15) is 26.3 Å². The van der Waals surface area contributed by atoms with Crippen LogP contribution in [0.3, 0.4) is 0 Å². The van der Waals surface area contributed by atoms with E-state index in [9.17, 15) is 22.6 Å². The van der Waals surface area contributed by atoms with Gasteiger partial charge in [-0.25, -0.2) is 0 Å². The fourth-order valence-electron chi connectivity index (χ4n) is 2.43. The van der Waals surface area contributed by atoms with Crippen LogP contribution in [-0.4, -0.2) is 29.7 Å². The highest BCUT2D eigenvalue weighted by Gasteiger charge is 2.39. The molecule has 6 nitrogen and oxygen atoms in total. The number of benzene rings is 2. The molecule has 1 aliphatic rings. The van der Waals surface area contributed by atoms with E-state index in [-0.39, 0.29) is 17.7 Å². The number of nitrogens with zero attached hydrogens (tertiary/aromatic N) is 1. The van der Waals surface area contributed by atoms with Gasteiger partial charge in [-0.15, -0.1) is 0 Å². The largest absolute Gasteiger partial charge is 0.295 e. The molecule has 2 aromatic rings. The highest BCUT2D eigenvalue weighted by atomic mass is 32.2. The highest BCUT2D eigenvalue weighted by molar-refractivity contribution is 7.86. The molecule has 3 rings (SSSR count). The van der Waals surface area contributed by atoms with Crippen LogP contribution in [-0.2, 0) is 16.7 Å². The minimum atomic E-state index is -4.58. The number of rotatable bonds is 3. The Morgan fingerprint density at radius 3 is 2.23 bits per heavy atom. The number of amides is 2. The second kappa shape index (κ2) is 5.04. The van der Waals surface area contributed by atoms with Gasteiger partial charge in [0.15, 0.2) is 0 Å². The third-order valence-corrected chi connectivity index (χ3v) is 4.32. The SMILES string of the molecule is O=C1c2cccc(S(=O)(=O)O)c2C(=O)N1Cc1ccccc1. The van der Waals surface area contributed by atoms with Gasteiger partial charge >= 0.3 is 0 Å². The average molecular weight is 317 g/mol. The van der Waals surface area contributed by atoms with Gasteiger partial charge in [-0.1, -0.05) is 36.4 Å². The van der Waals surface area contributed by atoms with Crippen molar-refractivity contribution in [1.29, 1.82) is 0 Å². The Bertz CT molecular complexity index is 874. The van der Waals surface area contributed by atoms with Crippen LogP contribution >= 0.6 is 0 Å². The first-order valence-electron chi connectivity index (χ1n) is 6.40. The quantitative estimate of drug-likeness (QED) is 0.687. The lowest BCUT2D eigenvalue weighted by Crippen LogP contribution is -2.29. The maximum Gasteiger partial charge on any atom is 0.295 e. The maximum absolute atomic E-state index is 12.4. The molecular formula is C15H11NO5S. The van der Waals surface area contributed by atoms with Crippen LogP contribution in [0.15, 0.2) is 53.4 Å². The van der Waals surface area contributed by atoms with Crippen LogP contribution in [0.2, 0.25) is 0 Å². The standard InChI is InChI=1S/C15H11NO5S/c17-14-11-7-4-8-12(22(19,20)21)13(11)15(18)16(14)9-10-5-2-1-3-6-10/h1-8H,9H2,(H,19,20,21). The molecular weight excluding hydrogens is 306 g/mol. The van der Waals surface area contributed by atoms with E-state index >= 15 is 0 Å². The van der Waals surface area contributed by atoms with Crippen molar-refractivity contribution < 1.29 is 22.6 Å². The molecule has 1 aliphatic heterocycles. The Balaban J connectivity index is 2.06. The van der Waals surface area contributed by atoms with Crippen LogP contribution in [0.25, 0.3) is 0 Å². The number of imide groups is 1. The summed E-state index contributed by atoms with van der Waals surface area (Å²) in [5.41, 5.74) is 0.451. The summed E-state index contributed by atoms with van der Waals surface area (Å²) in [5, 5.41) is 0. The number of carbonyl (C=O) groups excluding carboxylic acids is 2. The molecule has 0 spiro atoms. The van der Waals surface area contributed by atoms with E-state index in [1.54, 1.807) is 24.3 Å². The molecule has 0 aliphatic carbocycles. The normalized spacial score (nSPS) is 14.3. The van der Waals surface area contributed by atoms with Gasteiger partial charge in [0.2, 0.25) is 0 Å². The Kier molecular flexibility index (Phi) is 3.31. The Morgan fingerprint density at radius 2 is 1.59 bits per heavy atom. The van der Waals surface area contributed by atoms with Gasteiger partial charge in [0.05, 0.1) is 17.7 Å². The molecule has 22 heavy (non-hydrogen) atoms. The summed E-state index contributed by atoms with van der Waals surface area (Å²) in [7, 11) is -4.58. The predicted octanol–water partition coefficient (Wildman–Crippen LogP) is 1.73. The maximum atomic E-state index is 12.4. The summed E-state index contributed by atoms with van der Waals surface area (Å²) in [6.45, 7) is 0.0398. The van der Waals surface area contributed by atoms with Gasteiger partial charge < -0.3 is 0 Å². The summed E-state index contributed by atoms with van der Waals surface area (Å²) in [5.74, 6) is -1.30. The number of fused-ring (bicyclic) bond motifs is 1. The summed E-state index contributed by atoms with van der Waals surface area (Å²) < 4.78 is 32.0. The zero-order chi connectivity index (χ0) is 15.9. The smallest absolute Gasteiger partial charge is 0.282 e. The molecule has 0 fully saturated rings. The van der Waals surface area contributed by atoms with E-state index in [1.165, 1.54) is 12.1 Å². The van der Waals surface area contributed by atoms with Gasteiger partial charge in [0.1, 0.15) is 4.90 Å². The van der Waals surface area contributed by atoms with Crippen LogP contribution in [0.4, 0.5) is 0 Å². The lowest BCUT2D eigenvalue weighted by molar-refractivity contribution is 0.0641. The lowest BCUT2D eigenvalue weighted by atomic mass is 10.1. The van der Waals surface area contributed by atoms with Gasteiger partial charge in [-0.05, 0) is 17.7 Å². The second-order valence-electron chi connectivity index (χ2n) is 4.84. The Labute approximate surface area is 126 Å². The summed E-state index contributed by atoms with van der Waals surface area (Å²) in [4.78, 5) is 25.2. The highest BCUT2D eigenvalue weighted by Crippen LogP contribution is 2.29. The average Bonchev–Trinajstić information content (AvgIpc) is 2.73. The lowest BCUT2D eigenvalue weighted by Gasteiger charge is -2.13. The van der Waals surface area contributed by atoms with E-state index in [4.69, 9.17) is 0 Å². The van der Waals surface area contributed by atoms with Crippen molar-refractivity contribution in [3.05, 3.63) is 65.2 Å². The van der Waals surface area contributed by atoms with Crippen molar-refractivity contribution in [3.63, 3.8) is 0 Å². The number of hydrogen-bond donors (Lipinski definition) is 1. The third-order valence-electron chi connectivity index (χ3n) is 3.42. The fraction of sp³-hybridized carbons (Fsp3) is 0.0667. The molecule has 0 bridgehead atoms. The summed E-state index contributed by atoms with van der Waals surface area (Å²) in [6.07, 6.45) is 0. The van der Waals surface area contributed by atoms with Crippen LogP contribution in [0.5, 0.6) is 0 Å². The molecule has 112 valence electrons. The molecule has 0 saturated heterocycles. The van der Waals surface area contributed by atoms with Gasteiger partial charge in [0, 0.05) is 0 Å². The van der Waals surface area contributed by atoms with E-state index < -0.39 is 26.8 Å². The van der Waals surface area contributed by atoms with Crippen molar-refractivity contribution in [3.8, 4) is 0 Å². The van der Waals surface area contributed by atoms with Crippen molar-refractivity contribution in [2.45, 2.75) is 11.4 Å². The topological polar surface area (TPSA) is 91.7 Å². The van der Waals surface area contributed by atoms with Crippen molar-refractivity contribution in [2.24, 2.45) is 0 Å². The van der Waals surface area contributed by atoms with Gasteiger partial charge in [-0.2, -0.15) is 8.42 Å². The molecule has 2 amide bonds. The third kappa shape index (κ3) is 2.30. The van der Waals surface area contributed by atoms with E-state index in [0.29, 0.717) is 0 Å². The molecule has 0 saturated carbocycles. The van der Waals surface area contributed by atoms with Crippen molar-refractivity contribution >= 4 is 21.9 Å². The van der Waals surface area contributed by atoms with Crippen LogP contribution < -0.4 is 0 Å². The van der Waals surface area contributed by atoms with E-state index in [1.807, 2.05) is 6.07 Å². The molecule has 0 atom stereocenters. The first-order valence-corrected chi connectivity index (χ1v) is 7.84. The van der Waals surface area contributed by atoms with E-state index in [2.05, 4.69) is 0 Å². The van der Waals surface area contributed by atoms with Gasteiger partial charge in [0.25, 0.3) is 21.9 Å². The zero-order valence-electron chi connectivity index (χ0n) is 11.3. The monoisotopic (exact) mass is 317 g/mol. The van der Waals surface area contributed by atoms with Crippen molar-refractivity contribution in [2.75, 3.05) is 0 Å². The molecule has 0 unspecified atom stereocenters. The summed E-state index contributed by atoms with van der Waals surface area (Å²) >= 11 is 0. The van der Waals surface area contributed by atoms with Crippen LogP contribution in [0, 0.1) is 0 Å². The number of hydrogen-bond acceptors (Lipinski definition) is 4. The predicted molar refractivity (Wildman–Crippen MR) is 76.9 cm³/mol. The molecule has 0 aromatic heterocycles. The molecule has 2 aromatic carbocycles. The molecule has 7 heteroatoms. The molecule has 1 N–H and O–H groups in total. The zero-order valence-corrected chi connectivity index (χ0v) is 12.1. The Hall–Kier alpha value is -2.51. The first kappa shape index (κ1) is 14.4. The summed E-state index contributed by atoms with van der Waals surface area (Å²) in [6, 6.07) is 12.7. The Morgan fingerprint density at radius 1 is 0.909 bits per heavy atom. The minimum Gasteiger partial charge on any atom is -0.282 e. The van der Waals surface area contributed by atoms with Gasteiger partial charge in [-0.3, -0.25) is 19.0 Å². The molecule has 1 heterocycles. The van der Waals surface area contributed by atoms with Crippen molar-refractivity contribution in [1.82, 2.24) is 4.90 Å².